The van der Waals surface area contributed by atoms with E-state index in [1.54, 1.807) is 6.92 Å². The molecule has 0 radical (unpaired) electrons. The lowest BCUT2D eigenvalue weighted by Crippen LogP contribution is -2.24. The number of sulfonamides is 1. The maximum Gasteiger partial charge on any atom is 0.252 e. The number of methoxy groups -OCH3 is 1. The number of primary amides is 1. The number of nitrogens with zero attached hydrogens (tertiary/aromatic N) is 2. The Morgan fingerprint density at radius 1 is 1.45 bits per heavy atom. The van der Waals surface area contributed by atoms with Gasteiger partial charge in [0.05, 0.1) is 24.1 Å². The van der Waals surface area contributed by atoms with Crippen LogP contribution in [0, 0.1) is 6.92 Å². The van der Waals surface area contributed by atoms with Crippen LogP contribution in [0.4, 0.5) is 0 Å². The summed E-state index contributed by atoms with van der Waals surface area (Å²) in [5.41, 5.74) is 5.17. The maximum atomic E-state index is 12.2. The van der Waals surface area contributed by atoms with Gasteiger partial charge in [0.2, 0.25) is 15.9 Å². The second-order valence-corrected chi connectivity index (χ2v) is 6.05. The highest BCUT2D eigenvalue weighted by Gasteiger charge is 2.19. The van der Waals surface area contributed by atoms with E-state index in [0.29, 0.717) is 5.82 Å². The molecule has 0 saturated heterocycles. The van der Waals surface area contributed by atoms with Gasteiger partial charge in [-0.15, -0.1) is 0 Å². The molecule has 2 rings (SSSR count). The van der Waals surface area contributed by atoms with Crippen LogP contribution in [-0.4, -0.2) is 31.6 Å². The van der Waals surface area contributed by atoms with Crippen molar-refractivity contribution < 1.29 is 22.5 Å². The van der Waals surface area contributed by atoms with Crippen molar-refractivity contribution in [2.24, 2.45) is 5.73 Å². The van der Waals surface area contributed by atoms with E-state index in [1.807, 2.05) is 0 Å². The first kappa shape index (κ1) is 15.9. The SMILES string of the molecule is COc1ccc(S(=O)(=O)NCc2nc(C)no2)cc1C(N)=O. The van der Waals surface area contributed by atoms with Crippen molar-refractivity contribution in [3.05, 3.63) is 35.5 Å². The Balaban J connectivity index is 2.25. The average molecular weight is 326 g/mol. The van der Waals surface area contributed by atoms with Crippen LogP contribution in [0.1, 0.15) is 22.1 Å². The minimum absolute atomic E-state index is 0.0287. The number of carbonyl (C=O) groups is 1. The number of rotatable bonds is 6. The standard InChI is InChI=1S/C12H14N4O5S/c1-7-15-11(21-16-7)6-14-22(18,19)8-3-4-10(20-2)9(5-8)12(13)17/h3-5,14H,6H2,1-2H3,(H2,13,17). The number of carbonyl (C=O) groups excluding carboxylic acids is 1. The summed E-state index contributed by atoms with van der Waals surface area (Å²) < 4.78 is 36.4. The Morgan fingerprint density at radius 3 is 2.73 bits per heavy atom. The highest BCUT2D eigenvalue weighted by atomic mass is 32.2. The summed E-state index contributed by atoms with van der Waals surface area (Å²) >= 11 is 0. The normalized spacial score (nSPS) is 11.4. The molecule has 0 aliphatic heterocycles. The van der Waals surface area contributed by atoms with Crippen LogP contribution in [0.2, 0.25) is 0 Å². The number of nitrogens with one attached hydrogen (secondary N) is 1. The van der Waals surface area contributed by atoms with Crippen LogP contribution in [0.5, 0.6) is 5.75 Å². The first-order valence-corrected chi connectivity index (χ1v) is 7.58. The molecule has 118 valence electrons. The van der Waals surface area contributed by atoms with Gasteiger partial charge in [-0.05, 0) is 25.1 Å². The van der Waals surface area contributed by atoms with E-state index < -0.39 is 15.9 Å². The number of hydrogen-bond acceptors (Lipinski definition) is 7. The highest BCUT2D eigenvalue weighted by Crippen LogP contribution is 2.22. The van der Waals surface area contributed by atoms with Crippen LogP contribution in [0.3, 0.4) is 0 Å². The first-order valence-electron chi connectivity index (χ1n) is 6.10. The van der Waals surface area contributed by atoms with E-state index in [1.165, 1.54) is 19.2 Å². The first-order chi connectivity index (χ1) is 10.3. The molecule has 1 heterocycles. The number of aryl methyl sites for hydroxylation is 1. The summed E-state index contributed by atoms with van der Waals surface area (Å²) in [5.74, 6) is -0.0697. The maximum absolute atomic E-state index is 12.2. The topological polar surface area (TPSA) is 137 Å². The molecule has 0 bridgehead atoms. The molecule has 9 nitrogen and oxygen atoms in total. The molecule has 0 spiro atoms. The van der Waals surface area contributed by atoms with E-state index in [4.69, 9.17) is 15.0 Å². The van der Waals surface area contributed by atoms with Gasteiger partial charge in [-0.2, -0.15) is 4.98 Å². The molecule has 2 aromatic rings. The van der Waals surface area contributed by atoms with Gasteiger partial charge < -0.3 is 15.0 Å². The zero-order valence-electron chi connectivity index (χ0n) is 11.9. The predicted octanol–water partition coefficient (Wildman–Crippen LogP) is -0.0360. The Kier molecular flexibility index (Phi) is 4.43. The molecule has 0 aliphatic rings. The van der Waals surface area contributed by atoms with Gasteiger partial charge in [-0.25, -0.2) is 13.1 Å². The quantitative estimate of drug-likeness (QED) is 0.759. The van der Waals surface area contributed by atoms with Gasteiger partial charge in [-0.3, -0.25) is 4.79 Å². The van der Waals surface area contributed by atoms with Crippen molar-refractivity contribution in [3.63, 3.8) is 0 Å². The minimum atomic E-state index is -3.87. The fraction of sp³-hybridized carbons (Fsp3) is 0.250. The number of aromatic nitrogens is 2. The van der Waals surface area contributed by atoms with Crippen molar-refractivity contribution in [1.29, 1.82) is 0 Å². The van der Waals surface area contributed by atoms with Crippen LogP contribution in [-0.2, 0) is 16.6 Å². The smallest absolute Gasteiger partial charge is 0.252 e. The third-order valence-corrected chi connectivity index (χ3v) is 4.13. The second kappa shape index (κ2) is 6.12. The lowest BCUT2D eigenvalue weighted by molar-refractivity contribution is 0.0997. The van der Waals surface area contributed by atoms with E-state index >= 15 is 0 Å². The summed E-state index contributed by atoms with van der Waals surface area (Å²) in [6.07, 6.45) is 0. The van der Waals surface area contributed by atoms with Crippen LogP contribution in [0.25, 0.3) is 0 Å². The van der Waals surface area contributed by atoms with Crippen molar-refractivity contribution in [1.82, 2.24) is 14.9 Å². The van der Waals surface area contributed by atoms with Crippen LogP contribution >= 0.6 is 0 Å². The Morgan fingerprint density at radius 2 is 2.18 bits per heavy atom. The number of benzene rings is 1. The molecule has 1 aromatic carbocycles. The molecule has 0 atom stereocenters. The third kappa shape index (κ3) is 3.40. The number of ether oxygens (including phenoxy) is 1. The summed E-state index contributed by atoms with van der Waals surface area (Å²) in [4.78, 5) is 15.1. The van der Waals surface area contributed by atoms with Crippen LogP contribution in [0.15, 0.2) is 27.6 Å². The lowest BCUT2D eigenvalue weighted by atomic mass is 10.2. The second-order valence-electron chi connectivity index (χ2n) is 4.29. The molecule has 22 heavy (non-hydrogen) atoms. The van der Waals surface area contributed by atoms with Crippen molar-refractivity contribution in [2.45, 2.75) is 18.4 Å². The van der Waals surface area contributed by atoms with Crippen molar-refractivity contribution in [3.8, 4) is 5.75 Å². The minimum Gasteiger partial charge on any atom is -0.496 e. The van der Waals surface area contributed by atoms with Gasteiger partial charge in [0, 0.05) is 0 Å². The van der Waals surface area contributed by atoms with Crippen LogP contribution < -0.4 is 15.2 Å². The lowest BCUT2D eigenvalue weighted by Gasteiger charge is -2.09. The fourth-order valence-corrected chi connectivity index (χ4v) is 2.70. The van der Waals surface area contributed by atoms with Gasteiger partial charge in [-0.1, -0.05) is 5.16 Å². The highest BCUT2D eigenvalue weighted by molar-refractivity contribution is 7.89. The van der Waals surface area contributed by atoms with E-state index in [2.05, 4.69) is 14.9 Å². The molecule has 10 heteroatoms. The number of amides is 1. The third-order valence-electron chi connectivity index (χ3n) is 2.73. The summed E-state index contributed by atoms with van der Waals surface area (Å²) in [7, 11) is -2.52. The van der Waals surface area contributed by atoms with Gasteiger partial charge >= 0.3 is 0 Å². The fourth-order valence-electron chi connectivity index (χ4n) is 1.70. The Bertz CT molecular complexity index is 800. The molecule has 1 amide bonds. The summed E-state index contributed by atoms with van der Waals surface area (Å²) in [6, 6.07) is 3.79. The average Bonchev–Trinajstić information content (AvgIpc) is 2.90. The predicted molar refractivity (Wildman–Crippen MR) is 74.6 cm³/mol. The molecule has 0 unspecified atom stereocenters. The Labute approximate surface area is 126 Å². The van der Waals surface area contributed by atoms with E-state index in [0.717, 1.165) is 6.07 Å². The molecule has 1 aromatic heterocycles. The number of hydrogen-bond donors (Lipinski definition) is 2. The molecular formula is C12H14N4O5S. The van der Waals surface area contributed by atoms with Crippen molar-refractivity contribution >= 4 is 15.9 Å². The van der Waals surface area contributed by atoms with Gasteiger partial charge in [0.1, 0.15) is 5.75 Å². The largest absolute Gasteiger partial charge is 0.496 e. The van der Waals surface area contributed by atoms with Crippen molar-refractivity contribution in [2.75, 3.05) is 7.11 Å². The molecule has 0 aliphatic carbocycles. The summed E-state index contributed by atoms with van der Waals surface area (Å²) in [6.45, 7) is 1.45. The molecule has 0 fully saturated rings. The monoisotopic (exact) mass is 326 g/mol. The van der Waals surface area contributed by atoms with E-state index in [9.17, 15) is 13.2 Å². The zero-order chi connectivity index (χ0) is 16.3. The molecule has 0 saturated carbocycles. The van der Waals surface area contributed by atoms with Gasteiger partial charge in [0.15, 0.2) is 5.82 Å². The summed E-state index contributed by atoms with van der Waals surface area (Å²) in [5, 5.41) is 3.55. The number of nitrogens with two attached hydrogens (primary N) is 1. The molecular weight excluding hydrogens is 312 g/mol. The Hall–Kier alpha value is -2.46. The molecule has 3 N–H and O–H groups in total. The van der Waals surface area contributed by atoms with Gasteiger partial charge in [0.25, 0.3) is 5.91 Å². The zero-order valence-corrected chi connectivity index (χ0v) is 12.7. The van der Waals surface area contributed by atoms with E-state index in [-0.39, 0.29) is 28.6 Å².